The van der Waals surface area contributed by atoms with E-state index >= 15 is 0 Å². The third-order valence-electron chi connectivity index (χ3n) is 10.1. The van der Waals surface area contributed by atoms with Crippen LogP contribution in [-0.4, -0.2) is 11.6 Å². The molecule has 0 N–H and O–H groups in total. The van der Waals surface area contributed by atoms with Gasteiger partial charge in [0.25, 0.3) is 0 Å². The molecule has 0 radical (unpaired) electrons. The maximum atomic E-state index is 6.48. The highest BCUT2D eigenvalue weighted by molar-refractivity contribution is 5.11. The summed E-state index contributed by atoms with van der Waals surface area (Å²) in [5, 5.41) is 0. The Kier molecular flexibility index (Phi) is 4.62. The minimum atomic E-state index is -0.971. The Labute approximate surface area is 172 Å². The van der Waals surface area contributed by atoms with Crippen LogP contribution in [0.1, 0.15) is 109 Å². The van der Waals surface area contributed by atoms with Crippen LogP contribution in [0.25, 0.3) is 0 Å². The number of hydrogen-bond donors (Lipinski definition) is 0. The van der Waals surface area contributed by atoms with Crippen LogP contribution >= 0.6 is 0 Å². The van der Waals surface area contributed by atoms with E-state index in [4.69, 9.17) is 19.6 Å². The summed E-state index contributed by atoms with van der Waals surface area (Å²) in [5.41, 5.74) is -1.05. The van der Waals surface area contributed by atoms with Crippen molar-refractivity contribution in [2.24, 2.45) is 32.5 Å². The van der Waals surface area contributed by atoms with Gasteiger partial charge in [0.05, 0.1) is 0 Å². The fourth-order valence-corrected chi connectivity index (χ4v) is 5.92. The van der Waals surface area contributed by atoms with E-state index in [1.807, 2.05) is 0 Å². The maximum Gasteiger partial charge on any atom is 0.244 e. The first-order valence-corrected chi connectivity index (χ1v) is 11.1. The van der Waals surface area contributed by atoms with Gasteiger partial charge in [-0.3, -0.25) is 0 Å². The van der Waals surface area contributed by atoms with Crippen molar-refractivity contribution in [3.8, 4) is 0 Å². The van der Waals surface area contributed by atoms with Gasteiger partial charge in [-0.25, -0.2) is 0 Å². The summed E-state index contributed by atoms with van der Waals surface area (Å²) >= 11 is 0. The summed E-state index contributed by atoms with van der Waals surface area (Å²) in [7, 11) is 0. The summed E-state index contributed by atoms with van der Waals surface area (Å²) < 4.78 is 0. The standard InChI is InChI=1S/C24H44O4/c1-17(2)13-15-19(5,6)23(21(17,9)10)25-27-24(28-26-23)20(7,8)16-14-18(3,4)22(24,11)12/h13-16H2,1-12H3. The quantitative estimate of drug-likeness (QED) is 0.412. The molecule has 1 aliphatic heterocycles. The van der Waals surface area contributed by atoms with Gasteiger partial charge < -0.3 is 0 Å². The predicted octanol–water partition coefficient (Wildman–Crippen LogP) is 7.03. The highest BCUT2D eigenvalue weighted by Gasteiger charge is 2.75. The van der Waals surface area contributed by atoms with Crippen molar-refractivity contribution in [1.29, 1.82) is 0 Å². The molecular weight excluding hydrogens is 352 g/mol. The number of hydrogen-bond acceptors (Lipinski definition) is 4. The topological polar surface area (TPSA) is 36.9 Å². The lowest BCUT2D eigenvalue weighted by atomic mass is 9.49. The smallest absolute Gasteiger partial charge is 0.194 e. The van der Waals surface area contributed by atoms with Crippen LogP contribution in [0, 0.1) is 32.5 Å². The molecule has 1 heterocycles. The molecule has 4 heteroatoms. The normalized spacial score (nSPS) is 35.6. The van der Waals surface area contributed by atoms with E-state index in [1.165, 1.54) is 0 Å². The average Bonchev–Trinajstić information content (AvgIpc) is 2.55. The van der Waals surface area contributed by atoms with E-state index in [0.717, 1.165) is 25.7 Å². The molecule has 2 spiro atoms. The molecule has 2 aliphatic carbocycles. The van der Waals surface area contributed by atoms with Crippen LogP contribution in [0.4, 0.5) is 0 Å². The van der Waals surface area contributed by atoms with Gasteiger partial charge in [0.2, 0.25) is 11.6 Å². The Morgan fingerprint density at radius 2 is 0.571 bits per heavy atom. The van der Waals surface area contributed by atoms with E-state index in [2.05, 4.69) is 83.1 Å². The molecule has 0 amide bonds. The van der Waals surface area contributed by atoms with Crippen LogP contribution in [0.5, 0.6) is 0 Å². The van der Waals surface area contributed by atoms with Gasteiger partial charge >= 0.3 is 0 Å². The van der Waals surface area contributed by atoms with Gasteiger partial charge in [0.1, 0.15) is 0 Å². The SMILES string of the molecule is CC1(C)CCC(C)(C)C2(OOC3(OO2)C(C)(C)CCC(C)(C)C3(C)C)C1(C)C. The molecule has 2 saturated carbocycles. The fourth-order valence-electron chi connectivity index (χ4n) is 5.92. The molecule has 0 aromatic rings. The lowest BCUT2D eigenvalue weighted by Gasteiger charge is -2.68. The minimum Gasteiger partial charge on any atom is -0.194 e. The molecule has 3 fully saturated rings. The van der Waals surface area contributed by atoms with Gasteiger partial charge in [-0.2, -0.15) is 19.6 Å². The first kappa shape index (κ1) is 22.5. The van der Waals surface area contributed by atoms with Crippen LogP contribution in [0.15, 0.2) is 0 Å². The average molecular weight is 397 g/mol. The van der Waals surface area contributed by atoms with Gasteiger partial charge in [-0.15, -0.1) is 0 Å². The monoisotopic (exact) mass is 396 g/mol. The van der Waals surface area contributed by atoms with Crippen molar-refractivity contribution in [2.75, 3.05) is 0 Å². The maximum absolute atomic E-state index is 6.48. The van der Waals surface area contributed by atoms with Gasteiger partial charge in [0.15, 0.2) is 0 Å². The Balaban J connectivity index is 2.07. The second kappa shape index (κ2) is 5.75. The highest BCUT2D eigenvalue weighted by Crippen LogP contribution is 2.70. The van der Waals surface area contributed by atoms with Gasteiger partial charge in [-0.05, 0) is 36.5 Å². The second-order valence-corrected chi connectivity index (χ2v) is 13.4. The molecule has 28 heavy (non-hydrogen) atoms. The van der Waals surface area contributed by atoms with Gasteiger partial charge in [-0.1, -0.05) is 83.1 Å². The third-order valence-corrected chi connectivity index (χ3v) is 10.1. The first-order chi connectivity index (χ1) is 12.3. The molecule has 0 atom stereocenters. The van der Waals surface area contributed by atoms with E-state index in [1.54, 1.807) is 0 Å². The van der Waals surface area contributed by atoms with Crippen LogP contribution in [0.3, 0.4) is 0 Å². The summed E-state index contributed by atoms with van der Waals surface area (Å²) in [6.07, 6.45) is 4.19. The van der Waals surface area contributed by atoms with E-state index < -0.39 is 11.6 Å². The van der Waals surface area contributed by atoms with Crippen molar-refractivity contribution in [3.63, 3.8) is 0 Å². The number of rotatable bonds is 0. The van der Waals surface area contributed by atoms with Crippen molar-refractivity contribution in [2.45, 2.75) is 120 Å². The molecule has 1 saturated heterocycles. The Morgan fingerprint density at radius 3 is 0.821 bits per heavy atom. The molecule has 164 valence electrons. The van der Waals surface area contributed by atoms with Crippen LogP contribution in [-0.2, 0) is 19.6 Å². The second-order valence-electron chi connectivity index (χ2n) is 13.4. The minimum absolute atomic E-state index is 0.0244. The molecule has 0 aromatic heterocycles. The van der Waals surface area contributed by atoms with Crippen molar-refractivity contribution in [1.82, 2.24) is 0 Å². The van der Waals surface area contributed by atoms with E-state index in [9.17, 15) is 0 Å². The fraction of sp³-hybridized carbons (Fsp3) is 1.00. The summed E-state index contributed by atoms with van der Waals surface area (Å²) in [6.45, 7) is 26.9. The van der Waals surface area contributed by atoms with Crippen molar-refractivity contribution in [3.05, 3.63) is 0 Å². The predicted molar refractivity (Wildman–Crippen MR) is 111 cm³/mol. The van der Waals surface area contributed by atoms with Crippen molar-refractivity contribution >= 4 is 0 Å². The molecule has 0 unspecified atom stereocenters. The highest BCUT2D eigenvalue weighted by atomic mass is 17.4. The molecule has 3 rings (SSSR count). The largest absolute Gasteiger partial charge is 0.244 e. The Morgan fingerprint density at radius 1 is 0.357 bits per heavy atom. The van der Waals surface area contributed by atoms with Crippen LogP contribution < -0.4 is 0 Å². The zero-order valence-electron chi connectivity index (χ0n) is 20.5. The van der Waals surface area contributed by atoms with Crippen LogP contribution in [0.2, 0.25) is 0 Å². The van der Waals surface area contributed by atoms with E-state index in [0.29, 0.717) is 0 Å². The summed E-state index contributed by atoms with van der Waals surface area (Å²) in [4.78, 5) is 25.9. The van der Waals surface area contributed by atoms with Crippen molar-refractivity contribution < 1.29 is 19.6 Å². The molecule has 3 aliphatic rings. The first-order valence-electron chi connectivity index (χ1n) is 11.1. The molecule has 4 nitrogen and oxygen atoms in total. The Hall–Kier alpha value is -0.160. The Bertz CT molecular complexity index is 575. The van der Waals surface area contributed by atoms with E-state index in [-0.39, 0.29) is 32.5 Å². The van der Waals surface area contributed by atoms with Gasteiger partial charge in [0, 0.05) is 21.7 Å². The zero-order valence-corrected chi connectivity index (χ0v) is 20.5. The molecular formula is C24H44O4. The molecule has 0 aromatic carbocycles. The molecule has 0 bridgehead atoms. The summed E-state index contributed by atoms with van der Waals surface area (Å²) in [6, 6.07) is 0. The zero-order chi connectivity index (χ0) is 21.7. The lowest BCUT2D eigenvalue weighted by Crippen LogP contribution is -2.75. The summed E-state index contributed by atoms with van der Waals surface area (Å²) in [5.74, 6) is -1.94. The third kappa shape index (κ3) is 2.38. The lowest BCUT2D eigenvalue weighted by molar-refractivity contribution is -0.718.